The number of carbonyl (C=O) groups is 1. The van der Waals surface area contributed by atoms with Crippen molar-refractivity contribution in [1.29, 1.82) is 0 Å². The zero-order chi connectivity index (χ0) is 23.6. The fourth-order valence-electron chi connectivity index (χ4n) is 3.77. The zero-order valence-corrected chi connectivity index (χ0v) is 20.1. The van der Waals surface area contributed by atoms with Gasteiger partial charge < -0.3 is 14.7 Å². The fourth-order valence-corrected chi connectivity index (χ4v) is 5.59. The van der Waals surface area contributed by atoms with Crippen molar-refractivity contribution in [1.82, 2.24) is 9.21 Å². The average molecular weight is 461 g/mol. The van der Waals surface area contributed by atoms with Crippen molar-refractivity contribution in [2.75, 3.05) is 26.7 Å². The zero-order valence-electron chi connectivity index (χ0n) is 19.3. The SMILES string of the molecule is CC(=O)N(C)C[C@H]1Oc2cc(-c3ccc(C)cc3)ccc2S(=O)(=O)N([C@@H](C)CO)C[C@@H]1C. The number of nitrogens with zero attached hydrogens (tertiary/aromatic N) is 2. The lowest BCUT2D eigenvalue weighted by Gasteiger charge is -2.37. The van der Waals surface area contributed by atoms with E-state index < -0.39 is 22.2 Å². The van der Waals surface area contributed by atoms with Crippen molar-refractivity contribution in [3.05, 3.63) is 48.0 Å². The van der Waals surface area contributed by atoms with Gasteiger partial charge in [-0.3, -0.25) is 4.79 Å². The Kier molecular flexibility index (Phi) is 7.27. The first-order chi connectivity index (χ1) is 15.0. The van der Waals surface area contributed by atoms with Crippen LogP contribution in [0.25, 0.3) is 11.1 Å². The molecule has 0 aliphatic carbocycles. The first-order valence-corrected chi connectivity index (χ1v) is 12.2. The standard InChI is InChI=1S/C24H32N2O5S/c1-16-6-8-20(9-7-16)21-10-11-24-22(12-21)31-23(14-25(5)19(4)28)17(2)13-26(18(3)15-27)32(24,29)30/h6-12,17-18,23,27H,13-15H2,1-5H3/t17-,18-,23+/m0/s1. The van der Waals surface area contributed by atoms with Crippen LogP contribution in [0.15, 0.2) is 47.4 Å². The summed E-state index contributed by atoms with van der Waals surface area (Å²) in [5.74, 6) is -0.0480. The lowest BCUT2D eigenvalue weighted by Crippen LogP contribution is -2.50. The summed E-state index contributed by atoms with van der Waals surface area (Å²) < 4.78 is 34.7. The van der Waals surface area contributed by atoms with Crippen molar-refractivity contribution >= 4 is 15.9 Å². The molecule has 2 aromatic rings. The molecule has 3 atom stereocenters. The largest absolute Gasteiger partial charge is 0.487 e. The Morgan fingerprint density at radius 3 is 2.44 bits per heavy atom. The smallest absolute Gasteiger partial charge is 0.247 e. The van der Waals surface area contributed by atoms with Gasteiger partial charge in [-0.2, -0.15) is 4.31 Å². The maximum absolute atomic E-state index is 13.5. The summed E-state index contributed by atoms with van der Waals surface area (Å²) in [6, 6.07) is 12.5. The van der Waals surface area contributed by atoms with Gasteiger partial charge in [0.05, 0.1) is 13.2 Å². The Labute approximate surface area is 190 Å². The molecular weight excluding hydrogens is 428 g/mol. The lowest BCUT2D eigenvalue weighted by molar-refractivity contribution is -0.129. The number of aryl methyl sites for hydroxylation is 1. The molecule has 3 rings (SSSR count). The van der Waals surface area contributed by atoms with Crippen molar-refractivity contribution in [3.8, 4) is 16.9 Å². The van der Waals surface area contributed by atoms with Gasteiger partial charge in [0.25, 0.3) is 0 Å². The molecule has 0 aromatic heterocycles. The highest BCUT2D eigenvalue weighted by Gasteiger charge is 2.38. The van der Waals surface area contributed by atoms with Gasteiger partial charge in [0, 0.05) is 32.5 Å². The van der Waals surface area contributed by atoms with Crippen LogP contribution in [-0.2, 0) is 14.8 Å². The van der Waals surface area contributed by atoms with Crippen LogP contribution in [-0.4, -0.2) is 67.5 Å². The minimum absolute atomic E-state index is 0.0658. The number of aliphatic hydroxyl groups is 1. The highest BCUT2D eigenvalue weighted by Crippen LogP contribution is 2.36. The number of hydrogen-bond acceptors (Lipinski definition) is 5. The maximum atomic E-state index is 13.5. The monoisotopic (exact) mass is 460 g/mol. The first-order valence-electron chi connectivity index (χ1n) is 10.8. The second-order valence-electron chi connectivity index (χ2n) is 8.67. The van der Waals surface area contributed by atoms with Crippen molar-refractivity contribution in [3.63, 3.8) is 0 Å². The topological polar surface area (TPSA) is 87.2 Å². The summed E-state index contributed by atoms with van der Waals surface area (Å²) in [7, 11) is -2.19. The Bertz CT molecular complexity index is 1070. The number of ether oxygens (including phenoxy) is 1. The maximum Gasteiger partial charge on any atom is 0.247 e. The van der Waals surface area contributed by atoms with Crippen LogP contribution >= 0.6 is 0 Å². The summed E-state index contributed by atoms with van der Waals surface area (Å²) in [4.78, 5) is 13.5. The van der Waals surface area contributed by atoms with Gasteiger partial charge in [-0.25, -0.2) is 8.42 Å². The number of carbonyl (C=O) groups excluding carboxylic acids is 1. The van der Waals surface area contributed by atoms with E-state index in [0.29, 0.717) is 6.54 Å². The quantitative estimate of drug-likeness (QED) is 0.741. The number of rotatable bonds is 5. The Hall–Kier alpha value is -2.42. The van der Waals surface area contributed by atoms with Crippen LogP contribution in [0.5, 0.6) is 5.75 Å². The molecular formula is C24H32N2O5S. The normalized spacial score (nSPS) is 21.6. The van der Waals surface area contributed by atoms with Crippen LogP contribution in [0.4, 0.5) is 0 Å². The molecule has 0 fully saturated rings. The molecule has 0 bridgehead atoms. The molecule has 1 aliphatic heterocycles. The van der Waals surface area contributed by atoms with E-state index in [-0.39, 0.29) is 35.6 Å². The van der Waals surface area contributed by atoms with Gasteiger partial charge in [-0.15, -0.1) is 0 Å². The molecule has 0 unspecified atom stereocenters. The van der Waals surface area contributed by atoms with E-state index in [9.17, 15) is 18.3 Å². The van der Waals surface area contributed by atoms with E-state index in [2.05, 4.69) is 0 Å². The highest BCUT2D eigenvalue weighted by molar-refractivity contribution is 7.89. The third-order valence-corrected chi connectivity index (χ3v) is 8.06. The predicted octanol–water partition coefficient (Wildman–Crippen LogP) is 2.91. The lowest BCUT2D eigenvalue weighted by atomic mass is 10.0. The Morgan fingerprint density at radius 2 is 1.84 bits per heavy atom. The predicted molar refractivity (Wildman–Crippen MR) is 124 cm³/mol. The van der Waals surface area contributed by atoms with Crippen molar-refractivity contribution < 1.29 is 23.1 Å². The molecule has 1 N–H and O–H groups in total. The van der Waals surface area contributed by atoms with Gasteiger partial charge in [0.2, 0.25) is 15.9 Å². The average Bonchev–Trinajstić information content (AvgIpc) is 2.75. The van der Waals surface area contributed by atoms with Crippen LogP contribution < -0.4 is 4.74 Å². The summed E-state index contributed by atoms with van der Waals surface area (Å²) in [6.07, 6.45) is -0.417. The van der Waals surface area contributed by atoms with Gasteiger partial charge in [0.1, 0.15) is 16.7 Å². The molecule has 0 saturated carbocycles. The number of likely N-dealkylation sites (N-methyl/N-ethyl adjacent to an activating group) is 1. The molecule has 7 nitrogen and oxygen atoms in total. The van der Waals surface area contributed by atoms with Gasteiger partial charge in [-0.05, 0) is 37.1 Å². The van der Waals surface area contributed by atoms with Crippen LogP contribution in [0.1, 0.15) is 26.3 Å². The Balaban J connectivity index is 2.13. The van der Waals surface area contributed by atoms with Crippen LogP contribution in [0, 0.1) is 12.8 Å². The number of fused-ring (bicyclic) bond motifs is 1. The summed E-state index contributed by atoms with van der Waals surface area (Å²) >= 11 is 0. The fraction of sp³-hybridized carbons (Fsp3) is 0.458. The van der Waals surface area contributed by atoms with Crippen LogP contribution in [0.3, 0.4) is 0 Å². The summed E-state index contributed by atoms with van der Waals surface area (Å²) in [5.41, 5.74) is 2.92. The second-order valence-corrected chi connectivity index (χ2v) is 10.5. The number of amides is 1. The molecule has 32 heavy (non-hydrogen) atoms. The molecule has 0 radical (unpaired) electrons. The van der Waals surface area contributed by atoms with Gasteiger partial charge in [-0.1, -0.05) is 42.8 Å². The second kappa shape index (κ2) is 9.60. The summed E-state index contributed by atoms with van der Waals surface area (Å²) in [6.45, 7) is 7.30. The van der Waals surface area contributed by atoms with Crippen LogP contribution in [0.2, 0.25) is 0 Å². The van der Waals surface area contributed by atoms with Crippen molar-refractivity contribution in [2.24, 2.45) is 5.92 Å². The highest BCUT2D eigenvalue weighted by atomic mass is 32.2. The molecule has 0 spiro atoms. The molecule has 2 aromatic carbocycles. The van der Waals surface area contributed by atoms with E-state index in [4.69, 9.17) is 4.74 Å². The van der Waals surface area contributed by atoms with E-state index in [0.717, 1.165) is 16.7 Å². The van der Waals surface area contributed by atoms with E-state index in [1.165, 1.54) is 11.2 Å². The molecule has 174 valence electrons. The van der Waals surface area contributed by atoms with E-state index >= 15 is 0 Å². The third-order valence-electron chi connectivity index (χ3n) is 6.04. The molecule has 0 saturated heterocycles. The Morgan fingerprint density at radius 1 is 1.22 bits per heavy atom. The molecule has 1 heterocycles. The number of hydrogen-bond donors (Lipinski definition) is 1. The third kappa shape index (κ3) is 4.98. The van der Waals surface area contributed by atoms with Gasteiger partial charge in [0.15, 0.2) is 0 Å². The molecule has 8 heteroatoms. The van der Waals surface area contributed by atoms with Crippen molar-refractivity contribution in [2.45, 2.75) is 44.7 Å². The minimum Gasteiger partial charge on any atom is -0.487 e. The summed E-state index contributed by atoms with van der Waals surface area (Å²) in [5, 5.41) is 9.72. The number of benzene rings is 2. The number of sulfonamides is 1. The molecule has 1 aliphatic rings. The minimum atomic E-state index is -3.89. The van der Waals surface area contributed by atoms with E-state index in [1.807, 2.05) is 38.1 Å². The molecule has 1 amide bonds. The number of aliphatic hydroxyl groups excluding tert-OH is 1. The van der Waals surface area contributed by atoms with E-state index in [1.54, 1.807) is 37.1 Å². The first kappa shape index (κ1) is 24.2. The van der Waals surface area contributed by atoms with Gasteiger partial charge >= 0.3 is 0 Å².